The first kappa shape index (κ1) is 23.2. The fourth-order valence-electron chi connectivity index (χ4n) is 5.80. The third-order valence-corrected chi connectivity index (χ3v) is 7.67. The van der Waals surface area contributed by atoms with Gasteiger partial charge in [-0.2, -0.15) is 0 Å². The normalized spacial score (nSPS) is 11.2. The highest BCUT2D eigenvalue weighted by Gasteiger charge is 2.10. The molecule has 0 amide bonds. The molecule has 0 saturated heterocycles. The molecule has 0 saturated carbocycles. The van der Waals surface area contributed by atoms with E-state index in [-0.39, 0.29) is 0 Å². The molecule has 0 aliphatic heterocycles. The number of benzene rings is 7. The molecule has 0 aliphatic rings. The molecule has 0 radical (unpaired) electrons. The van der Waals surface area contributed by atoms with E-state index in [1.807, 2.05) is 0 Å². The van der Waals surface area contributed by atoms with Crippen molar-refractivity contribution < 1.29 is 0 Å². The molecule has 0 atom stereocenters. The van der Waals surface area contributed by atoms with Gasteiger partial charge >= 0.3 is 0 Å². The first-order valence-electron chi connectivity index (χ1n) is 13.5. The van der Waals surface area contributed by atoms with Crippen LogP contribution in [0.2, 0.25) is 0 Å². The van der Waals surface area contributed by atoms with Gasteiger partial charge < -0.3 is 0 Å². The van der Waals surface area contributed by atoms with Crippen molar-refractivity contribution in [1.29, 1.82) is 0 Å². The van der Waals surface area contributed by atoms with Crippen LogP contribution in [0.5, 0.6) is 0 Å². The number of aryl methyl sites for hydroxylation is 1. The fraction of sp³-hybridized carbons (Fsp3) is 0.0256. The van der Waals surface area contributed by atoms with Crippen molar-refractivity contribution in [1.82, 2.24) is 0 Å². The smallest absolute Gasteiger partial charge is 0.0105 e. The van der Waals surface area contributed by atoms with Crippen LogP contribution < -0.4 is 0 Å². The molecule has 39 heavy (non-hydrogen) atoms. The van der Waals surface area contributed by atoms with E-state index in [9.17, 15) is 0 Å². The number of hydrogen-bond acceptors (Lipinski definition) is 0. The van der Waals surface area contributed by atoms with Crippen molar-refractivity contribution >= 4 is 21.5 Å². The van der Waals surface area contributed by atoms with Gasteiger partial charge in [0.25, 0.3) is 0 Å². The Morgan fingerprint density at radius 3 is 1.21 bits per heavy atom. The van der Waals surface area contributed by atoms with Crippen molar-refractivity contribution in [2.24, 2.45) is 0 Å². The maximum Gasteiger partial charge on any atom is -0.0105 e. The Bertz CT molecular complexity index is 1820. The largest absolute Gasteiger partial charge is 0.0616 e. The summed E-state index contributed by atoms with van der Waals surface area (Å²) in [6.07, 6.45) is 0. The van der Waals surface area contributed by atoms with Crippen molar-refractivity contribution in [3.8, 4) is 44.5 Å². The second-order valence-corrected chi connectivity index (χ2v) is 10.3. The van der Waals surface area contributed by atoms with Gasteiger partial charge in [0.15, 0.2) is 0 Å². The average molecular weight is 497 g/mol. The van der Waals surface area contributed by atoms with Crippen LogP contribution in [-0.4, -0.2) is 0 Å². The zero-order valence-corrected chi connectivity index (χ0v) is 21.9. The van der Waals surface area contributed by atoms with Crippen LogP contribution in [0.25, 0.3) is 66.1 Å². The van der Waals surface area contributed by atoms with Crippen LogP contribution in [0.3, 0.4) is 0 Å². The summed E-state index contributed by atoms with van der Waals surface area (Å²) in [5.41, 5.74) is 11.2. The summed E-state index contributed by atoms with van der Waals surface area (Å²) in [6, 6.07) is 55.2. The van der Waals surface area contributed by atoms with Gasteiger partial charge in [0.2, 0.25) is 0 Å². The first-order valence-corrected chi connectivity index (χ1v) is 13.5. The lowest BCUT2D eigenvalue weighted by atomic mass is 9.91. The Balaban J connectivity index is 1.31. The molecule has 0 bridgehead atoms. The van der Waals surface area contributed by atoms with Crippen molar-refractivity contribution in [2.45, 2.75) is 6.92 Å². The van der Waals surface area contributed by atoms with E-state index < -0.39 is 0 Å². The molecule has 0 unspecified atom stereocenters. The van der Waals surface area contributed by atoms with E-state index in [0.717, 1.165) is 0 Å². The molecule has 0 aromatic heterocycles. The van der Waals surface area contributed by atoms with Crippen LogP contribution in [0.4, 0.5) is 0 Å². The zero-order valence-electron chi connectivity index (χ0n) is 21.9. The standard InChI is InChI=1S/C39H28/c1-27-22-34(30-14-6-16-32(24-30)38-20-8-12-28-10-2-4-18-36(28)38)26-35(23-27)31-15-7-17-33(25-31)39-21-9-13-29-11-3-5-19-37(29)39/h2-26H,1H3. The minimum atomic E-state index is 1.23. The highest BCUT2D eigenvalue weighted by Crippen LogP contribution is 2.35. The van der Waals surface area contributed by atoms with Crippen molar-refractivity contribution in [2.75, 3.05) is 0 Å². The minimum absolute atomic E-state index is 1.23. The zero-order chi connectivity index (χ0) is 26.2. The number of fused-ring (bicyclic) bond motifs is 2. The third kappa shape index (κ3) is 4.41. The molecule has 0 heterocycles. The molecule has 0 aliphatic carbocycles. The summed E-state index contributed by atoms with van der Waals surface area (Å²) in [7, 11) is 0. The van der Waals surface area contributed by atoms with Gasteiger partial charge in [-0.25, -0.2) is 0 Å². The molecular weight excluding hydrogens is 468 g/mol. The topological polar surface area (TPSA) is 0 Å². The maximum absolute atomic E-state index is 2.33. The van der Waals surface area contributed by atoms with E-state index in [4.69, 9.17) is 0 Å². The Morgan fingerprint density at radius 1 is 0.308 bits per heavy atom. The molecule has 0 spiro atoms. The van der Waals surface area contributed by atoms with Crippen LogP contribution in [-0.2, 0) is 0 Å². The lowest BCUT2D eigenvalue weighted by Crippen LogP contribution is -1.87. The molecule has 0 heteroatoms. The number of rotatable bonds is 4. The van der Waals surface area contributed by atoms with Crippen LogP contribution in [0.15, 0.2) is 152 Å². The average Bonchev–Trinajstić information content (AvgIpc) is 3.00. The Hall–Kier alpha value is -4.94. The van der Waals surface area contributed by atoms with Crippen molar-refractivity contribution in [3.63, 3.8) is 0 Å². The SMILES string of the molecule is Cc1cc(-c2cccc(-c3cccc4ccccc34)c2)cc(-c2cccc(-c3cccc4ccccc34)c2)c1. The van der Waals surface area contributed by atoms with E-state index in [2.05, 4.69) is 159 Å². The van der Waals surface area contributed by atoms with Crippen LogP contribution in [0, 0.1) is 6.92 Å². The predicted molar refractivity (Wildman–Crippen MR) is 168 cm³/mol. The van der Waals surface area contributed by atoms with Gasteiger partial charge in [-0.05, 0) is 96.7 Å². The van der Waals surface area contributed by atoms with Gasteiger partial charge in [-0.1, -0.05) is 133 Å². The lowest BCUT2D eigenvalue weighted by Gasteiger charge is -2.13. The fourth-order valence-corrected chi connectivity index (χ4v) is 5.80. The molecule has 7 aromatic carbocycles. The molecule has 7 rings (SSSR count). The Morgan fingerprint density at radius 2 is 0.692 bits per heavy atom. The van der Waals surface area contributed by atoms with E-state index in [1.54, 1.807) is 0 Å². The summed E-state index contributed by atoms with van der Waals surface area (Å²) >= 11 is 0. The minimum Gasteiger partial charge on any atom is -0.0616 e. The highest BCUT2D eigenvalue weighted by atomic mass is 14.1. The quantitative estimate of drug-likeness (QED) is 0.227. The highest BCUT2D eigenvalue weighted by molar-refractivity contribution is 5.98. The summed E-state index contributed by atoms with van der Waals surface area (Å²) < 4.78 is 0. The van der Waals surface area contributed by atoms with Gasteiger partial charge in [-0.15, -0.1) is 0 Å². The van der Waals surface area contributed by atoms with E-state index >= 15 is 0 Å². The predicted octanol–water partition coefficient (Wildman–Crippen LogP) is 11.0. The van der Waals surface area contributed by atoms with Crippen molar-refractivity contribution in [3.05, 3.63) is 157 Å². The molecule has 7 aromatic rings. The summed E-state index contributed by atoms with van der Waals surface area (Å²) in [6.45, 7) is 2.19. The second-order valence-electron chi connectivity index (χ2n) is 10.3. The van der Waals surface area contributed by atoms with Crippen LogP contribution >= 0.6 is 0 Å². The molecular formula is C39H28. The second kappa shape index (κ2) is 9.74. The van der Waals surface area contributed by atoms with Gasteiger partial charge in [0, 0.05) is 0 Å². The first-order chi connectivity index (χ1) is 19.2. The molecule has 0 fully saturated rings. The van der Waals surface area contributed by atoms with Gasteiger partial charge in [0.1, 0.15) is 0 Å². The number of hydrogen-bond donors (Lipinski definition) is 0. The van der Waals surface area contributed by atoms with E-state index in [0.29, 0.717) is 0 Å². The van der Waals surface area contributed by atoms with Gasteiger partial charge in [0.05, 0.1) is 0 Å². The van der Waals surface area contributed by atoms with Crippen LogP contribution in [0.1, 0.15) is 5.56 Å². The van der Waals surface area contributed by atoms with Gasteiger partial charge in [-0.3, -0.25) is 0 Å². The molecule has 184 valence electrons. The maximum atomic E-state index is 2.33. The summed E-state index contributed by atoms with van der Waals surface area (Å²) in [5, 5.41) is 5.10. The lowest BCUT2D eigenvalue weighted by molar-refractivity contribution is 1.46. The third-order valence-electron chi connectivity index (χ3n) is 7.67. The Kier molecular flexibility index (Phi) is 5.79. The van der Waals surface area contributed by atoms with E-state index in [1.165, 1.54) is 71.6 Å². The molecule has 0 nitrogen and oxygen atoms in total. The summed E-state index contributed by atoms with van der Waals surface area (Å²) in [5.74, 6) is 0. The summed E-state index contributed by atoms with van der Waals surface area (Å²) in [4.78, 5) is 0. The molecule has 0 N–H and O–H groups in total. The monoisotopic (exact) mass is 496 g/mol. The Labute approximate surface area is 229 Å².